The van der Waals surface area contributed by atoms with Gasteiger partial charge in [0.1, 0.15) is 5.82 Å². The van der Waals surface area contributed by atoms with Gasteiger partial charge in [0.2, 0.25) is 5.95 Å². The molecule has 3 rings (SSSR count). The molecule has 7 nitrogen and oxygen atoms in total. The van der Waals surface area contributed by atoms with Gasteiger partial charge in [0.05, 0.1) is 5.69 Å². The second kappa shape index (κ2) is 9.06. The molecule has 0 saturated heterocycles. The van der Waals surface area contributed by atoms with Gasteiger partial charge in [-0.1, -0.05) is 27.7 Å². The van der Waals surface area contributed by atoms with E-state index < -0.39 is 11.8 Å². The molecule has 2 aromatic heterocycles. The Kier molecular flexibility index (Phi) is 6.62. The minimum absolute atomic E-state index is 0.0633. The number of halogens is 1. The third-order valence-electron chi connectivity index (χ3n) is 5.88. The van der Waals surface area contributed by atoms with E-state index >= 15 is 0 Å². The van der Waals surface area contributed by atoms with E-state index in [1.807, 2.05) is 19.9 Å². The van der Waals surface area contributed by atoms with Gasteiger partial charge in [-0.15, -0.1) is 0 Å². The molecule has 1 atom stereocenters. The number of pyridine rings is 1. The van der Waals surface area contributed by atoms with E-state index in [9.17, 15) is 9.18 Å². The summed E-state index contributed by atoms with van der Waals surface area (Å²) in [6.45, 7) is 12.6. The molecule has 2 amide bonds. The Balaban J connectivity index is 1.90. The highest BCUT2D eigenvalue weighted by Crippen LogP contribution is 2.32. The van der Waals surface area contributed by atoms with Gasteiger partial charge in [-0.05, 0) is 54.5 Å². The van der Waals surface area contributed by atoms with E-state index in [1.165, 1.54) is 6.07 Å². The Morgan fingerprint density at radius 1 is 1.12 bits per heavy atom. The molecule has 3 aromatic rings. The van der Waals surface area contributed by atoms with Gasteiger partial charge in [0, 0.05) is 36.4 Å². The number of carbonyl (C=O) groups excluding carboxylic acids is 1. The molecular weight excluding hydrogens is 407 g/mol. The van der Waals surface area contributed by atoms with Gasteiger partial charge < -0.3 is 16.0 Å². The molecule has 0 saturated carbocycles. The topological polar surface area (TPSA) is 91.8 Å². The van der Waals surface area contributed by atoms with E-state index in [0.717, 1.165) is 27.8 Å². The number of carbonyl (C=O) groups is 1. The molecule has 170 valence electrons. The molecular formula is C24H31FN6O. The highest BCUT2D eigenvalue weighted by molar-refractivity contribution is 5.91. The van der Waals surface area contributed by atoms with Crippen molar-refractivity contribution in [2.24, 2.45) is 11.3 Å². The standard InChI is InChI=1S/C24H31FN6O/c1-13-8-19(25)20(30-23(32)28-11-14(2)24(4,5)6)10-17(13)18-9-16-12-27-22(26-7)31-21(16)29-15(18)3/h8-10,12,14H,11H2,1-7H3,(H2,28,30,32)(H,26,27,29,31). The first-order chi connectivity index (χ1) is 15.0. The third-order valence-corrected chi connectivity index (χ3v) is 5.88. The van der Waals surface area contributed by atoms with Crippen LogP contribution in [-0.4, -0.2) is 34.6 Å². The van der Waals surface area contributed by atoms with Crippen LogP contribution >= 0.6 is 0 Å². The molecule has 0 radical (unpaired) electrons. The van der Waals surface area contributed by atoms with Crippen LogP contribution in [0.3, 0.4) is 0 Å². The number of hydrogen-bond donors (Lipinski definition) is 3. The molecule has 0 aliphatic rings. The van der Waals surface area contributed by atoms with E-state index in [0.29, 0.717) is 18.1 Å². The van der Waals surface area contributed by atoms with Gasteiger partial charge in [-0.2, -0.15) is 4.98 Å². The summed E-state index contributed by atoms with van der Waals surface area (Å²) in [6, 6.07) is 4.58. The summed E-state index contributed by atoms with van der Waals surface area (Å²) in [6.07, 6.45) is 1.70. The van der Waals surface area contributed by atoms with Gasteiger partial charge >= 0.3 is 6.03 Å². The van der Waals surface area contributed by atoms with Crippen molar-refractivity contribution < 1.29 is 9.18 Å². The average molecular weight is 439 g/mol. The molecule has 0 aliphatic carbocycles. The maximum atomic E-state index is 14.6. The quantitative estimate of drug-likeness (QED) is 0.503. The summed E-state index contributed by atoms with van der Waals surface area (Å²) in [5, 5.41) is 9.16. The number of anilines is 2. The number of aromatic nitrogens is 3. The van der Waals surface area contributed by atoms with Gasteiger partial charge in [-0.25, -0.2) is 19.2 Å². The van der Waals surface area contributed by atoms with Crippen LogP contribution in [0.1, 0.15) is 39.0 Å². The van der Waals surface area contributed by atoms with Crippen molar-refractivity contribution in [2.75, 3.05) is 24.2 Å². The van der Waals surface area contributed by atoms with Crippen molar-refractivity contribution in [2.45, 2.75) is 41.5 Å². The highest BCUT2D eigenvalue weighted by atomic mass is 19.1. The maximum absolute atomic E-state index is 14.6. The lowest BCUT2D eigenvalue weighted by Crippen LogP contribution is -2.36. The van der Waals surface area contributed by atoms with Crippen LogP contribution in [0.15, 0.2) is 24.4 Å². The minimum atomic E-state index is -0.487. The number of rotatable bonds is 5. The second-order valence-corrected chi connectivity index (χ2v) is 9.23. The molecule has 0 bridgehead atoms. The average Bonchev–Trinajstić information content (AvgIpc) is 2.72. The monoisotopic (exact) mass is 438 g/mol. The zero-order chi connectivity index (χ0) is 23.6. The summed E-state index contributed by atoms with van der Waals surface area (Å²) in [4.78, 5) is 25.6. The SMILES string of the molecule is CNc1ncc2cc(-c3cc(NC(=O)NCC(C)C(C)(C)C)c(F)cc3C)c(C)nc2n1. The minimum Gasteiger partial charge on any atom is -0.357 e. The fourth-order valence-electron chi connectivity index (χ4n) is 3.22. The molecule has 2 heterocycles. The summed E-state index contributed by atoms with van der Waals surface area (Å²) >= 11 is 0. The number of nitrogens with zero attached hydrogens (tertiary/aromatic N) is 3. The van der Waals surface area contributed by atoms with Crippen molar-refractivity contribution in [3.05, 3.63) is 41.5 Å². The van der Waals surface area contributed by atoms with Crippen molar-refractivity contribution in [1.29, 1.82) is 0 Å². The van der Waals surface area contributed by atoms with Crippen LogP contribution in [0.5, 0.6) is 0 Å². The number of urea groups is 1. The number of benzene rings is 1. The first-order valence-corrected chi connectivity index (χ1v) is 10.7. The van der Waals surface area contributed by atoms with Crippen LogP contribution in [0.2, 0.25) is 0 Å². The normalized spacial score (nSPS) is 12.5. The Morgan fingerprint density at radius 3 is 2.50 bits per heavy atom. The lowest BCUT2D eigenvalue weighted by Gasteiger charge is -2.27. The van der Waals surface area contributed by atoms with Crippen LogP contribution in [0.25, 0.3) is 22.2 Å². The largest absolute Gasteiger partial charge is 0.357 e. The summed E-state index contributed by atoms with van der Waals surface area (Å²) in [7, 11) is 1.75. The van der Waals surface area contributed by atoms with Crippen LogP contribution in [0, 0.1) is 31.0 Å². The molecule has 0 spiro atoms. The molecule has 8 heteroatoms. The Hall–Kier alpha value is -3.29. The molecule has 3 N–H and O–H groups in total. The molecule has 0 aliphatic heterocycles. The van der Waals surface area contributed by atoms with Crippen LogP contribution < -0.4 is 16.0 Å². The van der Waals surface area contributed by atoms with E-state index in [2.05, 4.69) is 58.6 Å². The molecule has 0 fully saturated rings. The second-order valence-electron chi connectivity index (χ2n) is 9.23. The van der Waals surface area contributed by atoms with Crippen molar-refractivity contribution in [3.63, 3.8) is 0 Å². The van der Waals surface area contributed by atoms with Gasteiger partial charge in [-0.3, -0.25) is 0 Å². The van der Waals surface area contributed by atoms with Crippen LogP contribution in [-0.2, 0) is 0 Å². The summed E-state index contributed by atoms with van der Waals surface area (Å²) in [5.41, 5.74) is 3.88. The Labute approximate surface area is 188 Å². The lowest BCUT2D eigenvalue weighted by atomic mass is 9.82. The third kappa shape index (κ3) is 5.12. The lowest BCUT2D eigenvalue weighted by molar-refractivity contribution is 0.233. The predicted octanol–water partition coefficient (Wildman–Crippen LogP) is 5.29. The molecule has 1 unspecified atom stereocenters. The summed E-state index contributed by atoms with van der Waals surface area (Å²) < 4.78 is 14.6. The zero-order valence-electron chi connectivity index (χ0n) is 19.7. The fourth-order valence-corrected chi connectivity index (χ4v) is 3.22. The fraction of sp³-hybridized carbons (Fsp3) is 0.417. The van der Waals surface area contributed by atoms with E-state index in [1.54, 1.807) is 19.3 Å². The first kappa shape index (κ1) is 23.4. The smallest absolute Gasteiger partial charge is 0.319 e. The van der Waals surface area contributed by atoms with Gasteiger partial charge in [0.25, 0.3) is 0 Å². The number of amides is 2. The number of hydrogen-bond acceptors (Lipinski definition) is 5. The van der Waals surface area contributed by atoms with Crippen LogP contribution in [0.4, 0.5) is 20.8 Å². The first-order valence-electron chi connectivity index (χ1n) is 10.7. The number of aryl methyl sites for hydroxylation is 2. The molecule has 32 heavy (non-hydrogen) atoms. The number of fused-ring (bicyclic) bond motifs is 1. The maximum Gasteiger partial charge on any atom is 0.319 e. The van der Waals surface area contributed by atoms with Crippen molar-refractivity contribution >= 4 is 28.7 Å². The predicted molar refractivity (Wildman–Crippen MR) is 127 cm³/mol. The molecule has 1 aromatic carbocycles. The highest BCUT2D eigenvalue weighted by Gasteiger charge is 2.21. The van der Waals surface area contributed by atoms with E-state index in [-0.39, 0.29) is 17.0 Å². The van der Waals surface area contributed by atoms with Gasteiger partial charge in [0.15, 0.2) is 5.65 Å². The van der Waals surface area contributed by atoms with Crippen molar-refractivity contribution in [3.8, 4) is 11.1 Å². The number of nitrogens with one attached hydrogen (secondary N) is 3. The van der Waals surface area contributed by atoms with Crippen molar-refractivity contribution in [1.82, 2.24) is 20.3 Å². The van der Waals surface area contributed by atoms with E-state index in [4.69, 9.17) is 0 Å². The Bertz CT molecular complexity index is 1160. The Morgan fingerprint density at radius 2 is 1.84 bits per heavy atom. The summed E-state index contributed by atoms with van der Waals surface area (Å²) in [5.74, 6) is 0.274. The zero-order valence-corrected chi connectivity index (χ0v) is 19.7.